The molecule has 0 spiro atoms. The zero-order valence-electron chi connectivity index (χ0n) is 13.1. The van der Waals surface area contributed by atoms with E-state index in [2.05, 4.69) is 5.32 Å². The maximum Gasteiger partial charge on any atom is 0.164 e. The summed E-state index contributed by atoms with van der Waals surface area (Å²) >= 11 is 6.46. The third-order valence-electron chi connectivity index (χ3n) is 2.95. The van der Waals surface area contributed by atoms with Crippen molar-refractivity contribution in [1.82, 2.24) is 0 Å². The molecular formula is C16H25Cl2NO2. The standard InChI is InChI=1S/C16H24ClNO2.ClH/c1-5-13(20)12-9-8-11(7-6-10-19)14(17)15(12)18-16(2,3)4;/h8-9,18-19H,5-7,10H2,1-4H3;1H. The quantitative estimate of drug-likeness (QED) is 0.754. The number of Topliss-reactive ketones (excluding diaryl/α,β-unsaturated/α-hetero) is 1. The van der Waals surface area contributed by atoms with E-state index in [1.807, 2.05) is 39.8 Å². The van der Waals surface area contributed by atoms with Crippen LogP contribution in [0.15, 0.2) is 12.1 Å². The molecule has 0 fully saturated rings. The topological polar surface area (TPSA) is 49.3 Å². The highest BCUT2D eigenvalue weighted by atomic mass is 35.5. The normalized spacial score (nSPS) is 11.0. The van der Waals surface area contributed by atoms with Gasteiger partial charge in [-0.25, -0.2) is 0 Å². The number of rotatable bonds is 6. The molecule has 5 heteroatoms. The van der Waals surface area contributed by atoms with Gasteiger partial charge in [0.25, 0.3) is 0 Å². The first kappa shape index (κ1) is 20.2. The van der Waals surface area contributed by atoms with E-state index in [9.17, 15) is 4.79 Å². The molecule has 0 amide bonds. The van der Waals surface area contributed by atoms with Crippen molar-refractivity contribution in [3.05, 3.63) is 28.3 Å². The van der Waals surface area contributed by atoms with Crippen molar-refractivity contribution < 1.29 is 9.90 Å². The molecule has 0 aliphatic heterocycles. The van der Waals surface area contributed by atoms with E-state index in [1.54, 1.807) is 0 Å². The summed E-state index contributed by atoms with van der Waals surface area (Å²) in [6, 6.07) is 3.72. The van der Waals surface area contributed by atoms with E-state index < -0.39 is 0 Å². The van der Waals surface area contributed by atoms with Crippen molar-refractivity contribution in [1.29, 1.82) is 0 Å². The average molecular weight is 334 g/mol. The van der Waals surface area contributed by atoms with Crippen molar-refractivity contribution in [3.63, 3.8) is 0 Å². The van der Waals surface area contributed by atoms with E-state index in [-0.39, 0.29) is 30.3 Å². The molecule has 21 heavy (non-hydrogen) atoms. The minimum absolute atomic E-state index is 0. The minimum Gasteiger partial charge on any atom is -0.396 e. The zero-order chi connectivity index (χ0) is 15.3. The Morgan fingerprint density at radius 1 is 1.33 bits per heavy atom. The number of anilines is 1. The Balaban J connectivity index is 0.00000400. The van der Waals surface area contributed by atoms with Crippen molar-refractivity contribution in [2.45, 2.75) is 52.5 Å². The number of aryl methyl sites for hydroxylation is 1. The van der Waals surface area contributed by atoms with Gasteiger partial charge < -0.3 is 10.4 Å². The van der Waals surface area contributed by atoms with Crippen LogP contribution in [0.3, 0.4) is 0 Å². The van der Waals surface area contributed by atoms with Gasteiger partial charge >= 0.3 is 0 Å². The summed E-state index contributed by atoms with van der Waals surface area (Å²) in [6.45, 7) is 8.07. The van der Waals surface area contributed by atoms with Crippen LogP contribution in [-0.4, -0.2) is 23.0 Å². The Morgan fingerprint density at radius 2 is 1.95 bits per heavy atom. The van der Waals surface area contributed by atoms with Gasteiger partial charge in [0.15, 0.2) is 5.78 Å². The lowest BCUT2D eigenvalue weighted by molar-refractivity contribution is 0.0989. The van der Waals surface area contributed by atoms with Gasteiger partial charge in [0.05, 0.1) is 10.7 Å². The molecular weight excluding hydrogens is 309 g/mol. The van der Waals surface area contributed by atoms with E-state index in [1.165, 1.54) is 0 Å². The molecule has 0 heterocycles. The maximum atomic E-state index is 12.1. The van der Waals surface area contributed by atoms with Crippen molar-refractivity contribution >= 4 is 35.5 Å². The third kappa shape index (κ3) is 5.85. The van der Waals surface area contributed by atoms with Gasteiger partial charge in [-0.2, -0.15) is 0 Å². The molecule has 0 saturated heterocycles. The number of carbonyl (C=O) groups excluding carboxylic acids is 1. The highest BCUT2D eigenvalue weighted by Crippen LogP contribution is 2.33. The Labute approximate surface area is 138 Å². The van der Waals surface area contributed by atoms with Gasteiger partial charge in [0.1, 0.15) is 0 Å². The van der Waals surface area contributed by atoms with Gasteiger partial charge in [-0.05, 0) is 45.2 Å². The summed E-state index contributed by atoms with van der Waals surface area (Å²) in [5.41, 5.74) is 2.13. The molecule has 1 rings (SSSR count). The number of aliphatic hydroxyl groups excluding tert-OH is 1. The number of carbonyl (C=O) groups is 1. The Kier molecular flexibility index (Phi) is 8.30. The van der Waals surface area contributed by atoms with Crippen molar-refractivity contribution in [2.24, 2.45) is 0 Å². The first-order chi connectivity index (χ1) is 9.30. The first-order valence-corrected chi connectivity index (χ1v) is 7.41. The maximum absolute atomic E-state index is 12.1. The van der Waals surface area contributed by atoms with Crippen LogP contribution in [0, 0.1) is 0 Å². The zero-order valence-corrected chi connectivity index (χ0v) is 14.7. The van der Waals surface area contributed by atoms with Crippen LogP contribution >= 0.6 is 24.0 Å². The van der Waals surface area contributed by atoms with Crippen LogP contribution < -0.4 is 5.32 Å². The summed E-state index contributed by atoms with van der Waals surface area (Å²) in [4.78, 5) is 12.1. The highest BCUT2D eigenvalue weighted by Gasteiger charge is 2.20. The monoisotopic (exact) mass is 333 g/mol. The van der Waals surface area contributed by atoms with Crippen LogP contribution in [0.2, 0.25) is 5.02 Å². The van der Waals surface area contributed by atoms with Crippen LogP contribution in [0.1, 0.15) is 56.5 Å². The third-order valence-corrected chi connectivity index (χ3v) is 3.38. The molecule has 0 radical (unpaired) electrons. The molecule has 120 valence electrons. The summed E-state index contributed by atoms with van der Waals surface area (Å²) in [5.74, 6) is 0.0763. The fourth-order valence-electron chi connectivity index (χ4n) is 2.00. The van der Waals surface area contributed by atoms with E-state index in [0.29, 0.717) is 35.5 Å². The molecule has 2 N–H and O–H groups in total. The van der Waals surface area contributed by atoms with Gasteiger partial charge in [-0.15, -0.1) is 12.4 Å². The fraction of sp³-hybridized carbons (Fsp3) is 0.562. The lowest BCUT2D eigenvalue weighted by Crippen LogP contribution is -2.27. The Morgan fingerprint density at radius 3 is 2.43 bits per heavy atom. The predicted molar refractivity (Wildman–Crippen MR) is 92.1 cm³/mol. The molecule has 0 aromatic heterocycles. The fourth-order valence-corrected chi connectivity index (χ4v) is 2.31. The Bertz CT molecular complexity index is 482. The average Bonchev–Trinajstić information content (AvgIpc) is 2.37. The summed E-state index contributed by atoms with van der Waals surface area (Å²) in [6.07, 6.45) is 1.82. The lowest BCUT2D eigenvalue weighted by Gasteiger charge is -2.25. The summed E-state index contributed by atoms with van der Waals surface area (Å²) in [7, 11) is 0. The second kappa shape index (κ2) is 8.62. The van der Waals surface area contributed by atoms with Gasteiger partial charge in [-0.1, -0.05) is 24.6 Å². The van der Waals surface area contributed by atoms with Crippen LogP contribution in [0.25, 0.3) is 0 Å². The minimum atomic E-state index is -0.179. The van der Waals surface area contributed by atoms with Gasteiger partial charge in [0, 0.05) is 24.1 Å². The summed E-state index contributed by atoms with van der Waals surface area (Å²) < 4.78 is 0. The number of halogens is 2. The molecule has 0 atom stereocenters. The second-order valence-corrected chi connectivity index (χ2v) is 6.32. The second-order valence-electron chi connectivity index (χ2n) is 5.94. The van der Waals surface area contributed by atoms with E-state index >= 15 is 0 Å². The number of hydrogen-bond acceptors (Lipinski definition) is 3. The van der Waals surface area contributed by atoms with Crippen LogP contribution in [-0.2, 0) is 6.42 Å². The number of aliphatic hydroxyl groups is 1. The first-order valence-electron chi connectivity index (χ1n) is 7.03. The largest absolute Gasteiger partial charge is 0.396 e. The van der Waals surface area contributed by atoms with Crippen molar-refractivity contribution in [3.8, 4) is 0 Å². The number of nitrogens with one attached hydrogen (secondary N) is 1. The highest BCUT2D eigenvalue weighted by molar-refractivity contribution is 6.35. The molecule has 1 aromatic rings. The summed E-state index contributed by atoms with van der Waals surface area (Å²) in [5, 5.41) is 12.9. The lowest BCUT2D eigenvalue weighted by atomic mass is 9.99. The van der Waals surface area contributed by atoms with Gasteiger partial charge in [-0.3, -0.25) is 4.79 Å². The SMILES string of the molecule is CCC(=O)c1ccc(CCCO)c(Cl)c1NC(C)(C)C.Cl. The number of hydrogen-bond donors (Lipinski definition) is 2. The number of benzene rings is 1. The van der Waals surface area contributed by atoms with E-state index in [0.717, 1.165) is 5.56 Å². The molecule has 0 aliphatic carbocycles. The number of ketones is 1. The smallest absolute Gasteiger partial charge is 0.164 e. The molecule has 3 nitrogen and oxygen atoms in total. The molecule has 0 unspecified atom stereocenters. The van der Waals surface area contributed by atoms with Crippen molar-refractivity contribution in [2.75, 3.05) is 11.9 Å². The molecule has 1 aromatic carbocycles. The predicted octanol–water partition coefficient (Wildman–Crippen LogP) is 4.49. The van der Waals surface area contributed by atoms with Gasteiger partial charge in [0.2, 0.25) is 0 Å². The molecule has 0 bridgehead atoms. The van der Waals surface area contributed by atoms with Crippen LogP contribution in [0.4, 0.5) is 5.69 Å². The van der Waals surface area contributed by atoms with Crippen LogP contribution in [0.5, 0.6) is 0 Å². The molecule has 0 saturated carbocycles. The van der Waals surface area contributed by atoms with E-state index in [4.69, 9.17) is 16.7 Å². The molecule has 0 aliphatic rings. The Hall–Kier alpha value is -0.770.